The minimum Gasteiger partial charge on any atom is -0.315 e. The first-order valence-electron chi connectivity index (χ1n) is 5.94. The van der Waals surface area contributed by atoms with Crippen LogP contribution in [-0.2, 0) is 0 Å². The van der Waals surface area contributed by atoms with Crippen molar-refractivity contribution in [3.63, 3.8) is 0 Å². The first kappa shape index (κ1) is 9.13. The van der Waals surface area contributed by atoms with E-state index in [4.69, 9.17) is 0 Å². The largest absolute Gasteiger partial charge is 0.315 e. The zero-order chi connectivity index (χ0) is 9.60. The third kappa shape index (κ3) is 1.38. The van der Waals surface area contributed by atoms with Crippen molar-refractivity contribution >= 4 is 0 Å². The molecule has 0 aromatic rings. The average Bonchev–Trinajstić information content (AvgIpc) is 2.72. The van der Waals surface area contributed by atoms with Crippen LogP contribution in [0.4, 0.5) is 0 Å². The van der Waals surface area contributed by atoms with Gasteiger partial charge in [-0.05, 0) is 38.8 Å². The molecular formula is C11H21N3. The highest BCUT2D eigenvalue weighted by atomic mass is 15.2. The van der Waals surface area contributed by atoms with Crippen molar-refractivity contribution in [3.8, 4) is 0 Å². The van der Waals surface area contributed by atoms with Crippen LogP contribution < -0.4 is 10.6 Å². The molecule has 0 aromatic heterocycles. The summed E-state index contributed by atoms with van der Waals surface area (Å²) in [7, 11) is 2.25. The van der Waals surface area contributed by atoms with Crippen molar-refractivity contribution in [2.24, 2.45) is 5.92 Å². The lowest BCUT2D eigenvalue weighted by Gasteiger charge is -2.40. The van der Waals surface area contributed by atoms with Crippen LogP contribution in [0.15, 0.2) is 0 Å². The Kier molecular flexibility index (Phi) is 2.08. The summed E-state index contributed by atoms with van der Waals surface area (Å²) >= 11 is 0. The van der Waals surface area contributed by atoms with Crippen molar-refractivity contribution in [1.82, 2.24) is 15.5 Å². The van der Waals surface area contributed by atoms with Crippen molar-refractivity contribution < 1.29 is 0 Å². The van der Waals surface area contributed by atoms with Gasteiger partial charge in [0.05, 0.1) is 0 Å². The Hall–Kier alpha value is -0.120. The Morgan fingerprint density at radius 2 is 2.21 bits per heavy atom. The molecule has 3 aliphatic rings. The minimum atomic E-state index is 0.465. The molecule has 0 amide bonds. The van der Waals surface area contributed by atoms with Crippen molar-refractivity contribution in [2.45, 2.75) is 30.8 Å². The number of rotatable bonds is 0. The monoisotopic (exact) mass is 195 g/mol. The number of nitrogens with one attached hydrogen (secondary N) is 2. The summed E-state index contributed by atoms with van der Waals surface area (Å²) in [6, 6.07) is 0.772. The molecule has 0 bridgehead atoms. The smallest absolute Gasteiger partial charge is 0.0321 e. The molecule has 1 spiro atoms. The third-order valence-electron chi connectivity index (χ3n) is 4.35. The van der Waals surface area contributed by atoms with Crippen LogP contribution in [0.2, 0.25) is 0 Å². The number of hydrogen-bond acceptors (Lipinski definition) is 3. The summed E-state index contributed by atoms with van der Waals surface area (Å²) in [5, 5.41) is 7.41. The Labute approximate surface area is 86.2 Å². The van der Waals surface area contributed by atoms with Crippen LogP contribution in [0.25, 0.3) is 0 Å². The molecule has 3 fully saturated rings. The Morgan fingerprint density at radius 3 is 3.00 bits per heavy atom. The molecule has 0 aliphatic carbocycles. The lowest BCUT2D eigenvalue weighted by molar-refractivity contribution is 0.193. The molecule has 3 heteroatoms. The molecule has 3 unspecified atom stereocenters. The maximum absolute atomic E-state index is 3.92. The van der Waals surface area contributed by atoms with Gasteiger partial charge < -0.3 is 15.5 Å². The van der Waals surface area contributed by atoms with Crippen molar-refractivity contribution in [1.29, 1.82) is 0 Å². The molecule has 2 N–H and O–H groups in total. The molecule has 3 atom stereocenters. The minimum absolute atomic E-state index is 0.465. The maximum atomic E-state index is 3.92. The molecular weight excluding hydrogens is 174 g/mol. The quantitative estimate of drug-likeness (QED) is 0.571. The lowest BCUT2D eigenvalue weighted by Crippen LogP contribution is -2.57. The number of fused-ring (bicyclic) bond motifs is 1. The average molecular weight is 195 g/mol. The number of likely N-dealkylation sites (N-methyl/N-ethyl adjacent to an activating group) is 1. The molecule has 3 saturated heterocycles. The summed E-state index contributed by atoms with van der Waals surface area (Å²) in [5.74, 6) is 0.922. The predicted molar refractivity (Wildman–Crippen MR) is 57.4 cm³/mol. The normalized spacial score (nSPS) is 48.6. The van der Waals surface area contributed by atoms with Crippen LogP contribution in [0.3, 0.4) is 0 Å². The fraction of sp³-hybridized carbons (Fsp3) is 1.00. The molecule has 3 rings (SSSR count). The van der Waals surface area contributed by atoms with Gasteiger partial charge in [0.25, 0.3) is 0 Å². The van der Waals surface area contributed by atoms with Crippen LogP contribution in [0.1, 0.15) is 19.3 Å². The molecule has 14 heavy (non-hydrogen) atoms. The van der Waals surface area contributed by atoms with Crippen LogP contribution in [0, 0.1) is 5.92 Å². The standard InChI is InChI=1S/C11H21N3/c1-14-6-9-2-3-11(4-5-12-8-11)13-10(9)7-14/h9-10,12-13H,2-8H2,1H3. The second kappa shape index (κ2) is 3.19. The fourth-order valence-electron chi connectivity index (χ4n) is 3.55. The lowest BCUT2D eigenvalue weighted by atomic mass is 9.80. The van der Waals surface area contributed by atoms with Gasteiger partial charge in [0.1, 0.15) is 0 Å². The molecule has 0 saturated carbocycles. The van der Waals surface area contributed by atoms with Crippen molar-refractivity contribution in [2.75, 3.05) is 33.2 Å². The van der Waals surface area contributed by atoms with E-state index in [0.717, 1.165) is 12.0 Å². The number of piperidine rings is 1. The number of likely N-dealkylation sites (tertiary alicyclic amines) is 1. The molecule has 3 heterocycles. The Bertz CT molecular complexity index is 223. The van der Waals surface area contributed by atoms with Gasteiger partial charge in [-0.2, -0.15) is 0 Å². The first-order valence-corrected chi connectivity index (χ1v) is 5.94. The first-order chi connectivity index (χ1) is 6.77. The van der Waals surface area contributed by atoms with E-state index in [9.17, 15) is 0 Å². The van der Waals surface area contributed by atoms with Crippen molar-refractivity contribution in [3.05, 3.63) is 0 Å². The van der Waals surface area contributed by atoms with Crippen LogP contribution >= 0.6 is 0 Å². The highest BCUT2D eigenvalue weighted by Gasteiger charge is 2.44. The highest BCUT2D eigenvalue weighted by molar-refractivity contribution is 5.05. The van der Waals surface area contributed by atoms with Gasteiger partial charge in [-0.25, -0.2) is 0 Å². The topological polar surface area (TPSA) is 27.3 Å². The van der Waals surface area contributed by atoms with E-state index in [1.54, 1.807) is 0 Å². The van der Waals surface area contributed by atoms with Gasteiger partial charge in [-0.15, -0.1) is 0 Å². The van der Waals surface area contributed by atoms with Gasteiger partial charge in [-0.3, -0.25) is 0 Å². The van der Waals surface area contributed by atoms with E-state index in [0.29, 0.717) is 5.54 Å². The van der Waals surface area contributed by atoms with E-state index in [1.165, 1.54) is 45.4 Å². The third-order valence-corrected chi connectivity index (χ3v) is 4.35. The number of hydrogen-bond donors (Lipinski definition) is 2. The Morgan fingerprint density at radius 1 is 1.29 bits per heavy atom. The van der Waals surface area contributed by atoms with E-state index in [-0.39, 0.29) is 0 Å². The van der Waals surface area contributed by atoms with Gasteiger partial charge >= 0.3 is 0 Å². The molecule has 0 aromatic carbocycles. The second-order valence-electron chi connectivity index (χ2n) is 5.48. The summed E-state index contributed by atoms with van der Waals surface area (Å²) in [6.07, 6.45) is 4.15. The molecule has 3 nitrogen and oxygen atoms in total. The molecule has 80 valence electrons. The second-order valence-corrected chi connectivity index (χ2v) is 5.48. The predicted octanol–water partition coefficient (Wildman–Crippen LogP) is 0.0321. The fourth-order valence-corrected chi connectivity index (χ4v) is 3.55. The summed E-state index contributed by atoms with van der Waals surface area (Å²) < 4.78 is 0. The van der Waals surface area contributed by atoms with Gasteiger partial charge in [-0.1, -0.05) is 0 Å². The van der Waals surface area contributed by atoms with E-state index < -0.39 is 0 Å². The summed E-state index contributed by atoms with van der Waals surface area (Å²) in [6.45, 7) is 4.97. The molecule has 0 radical (unpaired) electrons. The zero-order valence-corrected chi connectivity index (χ0v) is 9.05. The summed E-state index contributed by atoms with van der Waals surface area (Å²) in [4.78, 5) is 2.48. The van der Waals surface area contributed by atoms with Gasteiger partial charge in [0.2, 0.25) is 0 Å². The van der Waals surface area contributed by atoms with Crippen LogP contribution in [-0.4, -0.2) is 49.7 Å². The van der Waals surface area contributed by atoms with Gasteiger partial charge in [0.15, 0.2) is 0 Å². The Balaban J connectivity index is 1.72. The zero-order valence-electron chi connectivity index (χ0n) is 9.05. The van der Waals surface area contributed by atoms with E-state index in [1.807, 2.05) is 0 Å². The SMILES string of the molecule is CN1CC2CCC3(CCNC3)NC2C1. The molecule has 3 aliphatic heterocycles. The van der Waals surface area contributed by atoms with E-state index in [2.05, 4.69) is 22.6 Å². The van der Waals surface area contributed by atoms with E-state index >= 15 is 0 Å². The summed E-state index contributed by atoms with van der Waals surface area (Å²) in [5.41, 5.74) is 0.465. The van der Waals surface area contributed by atoms with Crippen LogP contribution in [0.5, 0.6) is 0 Å². The van der Waals surface area contributed by atoms with Gasteiger partial charge in [0, 0.05) is 31.2 Å². The number of nitrogens with zero attached hydrogens (tertiary/aromatic N) is 1. The highest BCUT2D eigenvalue weighted by Crippen LogP contribution is 2.34. The maximum Gasteiger partial charge on any atom is 0.0321 e.